The fourth-order valence-corrected chi connectivity index (χ4v) is 2.31. The molecule has 94 valence electrons. The molecule has 1 aliphatic carbocycles. The Bertz CT molecular complexity index is 337. The fraction of sp³-hybridized carbons (Fsp3) is 0.600. The SMILES string of the molecule is CCCCOCCNCC1Cc2ccccc21. The monoisotopic (exact) mass is 233 g/mol. The molecule has 2 heteroatoms. The van der Waals surface area contributed by atoms with E-state index in [9.17, 15) is 0 Å². The molecule has 0 radical (unpaired) electrons. The van der Waals surface area contributed by atoms with E-state index < -0.39 is 0 Å². The van der Waals surface area contributed by atoms with E-state index in [-0.39, 0.29) is 0 Å². The van der Waals surface area contributed by atoms with Crippen LogP contribution in [0, 0.1) is 0 Å². The van der Waals surface area contributed by atoms with Gasteiger partial charge < -0.3 is 10.1 Å². The lowest BCUT2D eigenvalue weighted by Crippen LogP contribution is -2.31. The van der Waals surface area contributed by atoms with Crippen LogP contribution in [-0.4, -0.2) is 26.3 Å². The van der Waals surface area contributed by atoms with Gasteiger partial charge in [-0.2, -0.15) is 0 Å². The lowest BCUT2D eigenvalue weighted by Gasteiger charge is -2.30. The third kappa shape index (κ3) is 3.55. The Balaban J connectivity index is 1.53. The number of nitrogens with one attached hydrogen (secondary N) is 1. The third-order valence-corrected chi connectivity index (χ3v) is 3.42. The normalized spacial score (nSPS) is 17.6. The summed E-state index contributed by atoms with van der Waals surface area (Å²) in [5.41, 5.74) is 3.06. The van der Waals surface area contributed by atoms with Crippen LogP contribution >= 0.6 is 0 Å². The van der Waals surface area contributed by atoms with Gasteiger partial charge in [-0.25, -0.2) is 0 Å². The second-order valence-corrected chi connectivity index (χ2v) is 4.77. The smallest absolute Gasteiger partial charge is 0.0590 e. The van der Waals surface area contributed by atoms with Crippen molar-refractivity contribution in [1.82, 2.24) is 5.32 Å². The molecule has 1 atom stereocenters. The third-order valence-electron chi connectivity index (χ3n) is 3.42. The molecule has 1 aromatic rings. The molecule has 0 aromatic heterocycles. The van der Waals surface area contributed by atoms with Crippen molar-refractivity contribution in [2.45, 2.75) is 32.1 Å². The molecule has 0 saturated heterocycles. The average molecular weight is 233 g/mol. The molecule has 1 aliphatic rings. The van der Waals surface area contributed by atoms with Gasteiger partial charge in [-0.3, -0.25) is 0 Å². The summed E-state index contributed by atoms with van der Waals surface area (Å²) in [6.45, 7) is 6.00. The summed E-state index contributed by atoms with van der Waals surface area (Å²) in [6.07, 6.45) is 3.63. The van der Waals surface area contributed by atoms with Crippen LogP contribution in [0.25, 0.3) is 0 Å². The van der Waals surface area contributed by atoms with E-state index in [2.05, 4.69) is 36.5 Å². The number of fused-ring (bicyclic) bond motifs is 1. The van der Waals surface area contributed by atoms with E-state index in [1.165, 1.54) is 30.4 Å². The molecule has 0 fully saturated rings. The second-order valence-electron chi connectivity index (χ2n) is 4.77. The minimum atomic E-state index is 0.724. The van der Waals surface area contributed by atoms with Crippen LogP contribution in [-0.2, 0) is 11.2 Å². The molecule has 0 heterocycles. The molecule has 0 aliphatic heterocycles. The van der Waals surface area contributed by atoms with Crippen LogP contribution in [0.3, 0.4) is 0 Å². The molecule has 0 bridgehead atoms. The van der Waals surface area contributed by atoms with Crippen molar-refractivity contribution in [2.24, 2.45) is 0 Å². The van der Waals surface area contributed by atoms with Crippen LogP contribution in [0.1, 0.15) is 36.8 Å². The zero-order chi connectivity index (χ0) is 11.9. The summed E-state index contributed by atoms with van der Waals surface area (Å²) in [5.74, 6) is 0.724. The minimum absolute atomic E-state index is 0.724. The van der Waals surface area contributed by atoms with Crippen molar-refractivity contribution in [2.75, 3.05) is 26.3 Å². The van der Waals surface area contributed by atoms with Gasteiger partial charge in [0.25, 0.3) is 0 Å². The first-order chi connectivity index (χ1) is 8.42. The predicted molar refractivity (Wildman–Crippen MR) is 71.5 cm³/mol. The Morgan fingerprint density at radius 2 is 2.18 bits per heavy atom. The first-order valence-corrected chi connectivity index (χ1v) is 6.78. The molecule has 0 amide bonds. The van der Waals surface area contributed by atoms with Gasteiger partial charge in [-0.15, -0.1) is 0 Å². The number of unbranched alkanes of at least 4 members (excludes halogenated alkanes) is 1. The summed E-state index contributed by atoms with van der Waals surface area (Å²) >= 11 is 0. The van der Waals surface area contributed by atoms with Gasteiger partial charge in [0.05, 0.1) is 6.61 Å². The zero-order valence-electron chi connectivity index (χ0n) is 10.7. The van der Waals surface area contributed by atoms with Crippen LogP contribution < -0.4 is 5.32 Å². The summed E-state index contributed by atoms with van der Waals surface area (Å²) in [7, 11) is 0. The van der Waals surface area contributed by atoms with Gasteiger partial charge in [0.15, 0.2) is 0 Å². The first-order valence-electron chi connectivity index (χ1n) is 6.78. The lowest BCUT2D eigenvalue weighted by atomic mass is 9.78. The van der Waals surface area contributed by atoms with Crippen molar-refractivity contribution in [3.8, 4) is 0 Å². The van der Waals surface area contributed by atoms with Gasteiger partial charge >= 0.3 is 0 Å². The van der Waals surface area contributed by atoms with E-state index in [4.69, 9.17) is 4.74 Å². The summed E-state index contributed by atoms with van der Waals surface area (Å²) < 4.78 is 5.51. The van der Waals surface area contributed by atoms with E-state index in [0.717, 1.165) is 32.2 Å². The number of benzene rings is 1. The molecule has 0 saturated carbocycles. The summed E-state index contributed by atoms with van der Waals surface area (Å²) in [4.78, 5) is 0. The van der Waals surface area contributed by atoms with Gasteiger partial charge in [-0.05, 0) is 24.0 Å². The largest absolute Gasteiger partial charge is 0.380 e. The van der Waals surface area contributed by atoms with Gasteiger partial charge in [0.2, 0.25) is 0 Å². The second kappa shape index (κ2) is 6.77. The highest BCUT2D eigenvalue weighted by molar-refractivity contribution is 5.40. The Hall–Kier alpha value is -0.860. The molecule has 1 N–H and O–H groups in total. The van der Waals surface area contributed by atoms with Crippen LogP contribution in [0.5, 0.6) is 0 Å². The molecule has 0 spiro atoms. The number of rotatable bonds is 8. The first kappa shape index (κ1) is 12.6. The maximum atomic E-state index is 5.51. The van der Waals surface area contributed by atoms with E-state index in [1.54, 1.807) is 0 Å². The van der Waals surface area contributed by atoms with Crippen LogP contribution in [0.2, 0.25) is 0 Å². The van der Waals surface area contributed by atoms with Crippen molar-refractivity contribution in [3.63, 3.8) is 0 Å². The van der Waals surface area contributed by atoms with E-state index >= 15 is 0 Å². The van der Waals surface area contributed by atoms with Crippen molar-refractivity contribution in [3.05, 3.63) is 35.4 Å². The Kier molecular flexibility index (Phi) is 5.02. The standard InChI is InChI=1S/C15H23NO/c1-2-3-9-17-10-8-16-12-14-11-13-6-4-5-7-15(13)14/h4-7,14,16H,2-3,8-12H2,1H3. The Morgan fingerprint density at radius 3 is 3.00 bits per heavy atom. The fourth-order valence-electron chi connectivity index (χ4n) is 2.31. The van der Waals surface area contributed by atoms with Gasteiger partial charge in [-0.1, -0.05) is 37.6 Å². The quantitative estimate of drug-likeness (QED) is 0.697. The average Bonchev–Trinajstić information content (AvgIpc) is 2.33. The van der Waals surface area contributed by atoms with Crippen LogP contribution in [0.15, 0.2) is 24.3 Å². The lowest BCUT2D eigenvalue weighted by molar-refractivity contribution is 0.132. The summed E-state index contributed by atoms with van der Waals surface area (Å²) in [6, 6.07) is 8.76. The van der Waals surface area contributed by atoms with Crippen LogP contribution in [0.4, 0.5) is 0 Å². The maximum absolute atomic E-state index is 5.51. The molecular weight excluding hydrogens is 210 g/mol. The topological polar surface area (TPSA) is 21.3 Å². The number of hydrogen-bond donors (Lipinski definition) is 1. The molecule has 2 rings (SSSR count). The molecule has 2 nitrogen and oxygen atoms in total. The Morgan fingerprint density at radius 1 is 1.29 bits per heavy atom. The summed E-state index contributed by atoms with van der Waals surface area (Å²) in [5, 5.41) is 3.48. The number of ether oxygens (including phenoxy) is 1. The minimum Gasteiger partial charge on any atom is -0.380 e. The highest BCUT2D eigenvalue weighted by Gasteiger charge is 2.24. The Labute approximate surface area is 104 Å². The highest BCUT2D eigenvalue weighted by Crippen LogP contribution is 2.33. The zero-order valence-corrected chi connectivity index (χ0v) is 10.7. The van der Waals surface area contributed by atoms with Crippen molar-refractivity contribution < 1.29 is 4.74 Å². The van der Waals surface area contributed by atoms with Crippen molar-refractivity contribution in [1.29, 1.82) is 0 Å². The molecule has 1 unspecified atom stereocenters. The van der Waals surface area contributed by atoms with Gasteiger partial charge in [0.1, 0.15) is 0 Å². The maximum Gasteiger partial charge on any atom is 0.0590 e. The van der Waals surface area contributed by atoms with E-state index in [0.29, 0.717) is 0 Å². The molecule has 1 aromatic carbocycles. The predicted octanol–water partition coefficient (Wildman–Crippen LogP) is 2.73. The van der Waals surface area contributed by atoms with Gasteiger partial charge in [0, 0.05) is 25.6 Å². The van der Waals surface area contributed by atoms with Crippen molar-refractivity contribution >= 4 is 0 Å². The molecular formula is C15H23NO. The molecule has 17 heavy (non-hydrogen) atoms. The highest BCUT2D eigenvalue weighted by atomic mass is 16.5. The van der Waals surface area contributed by atoms with E-state index in [1.807, 2.05) is 0 Å². The number of hydrogen-bond acceptors (Lipinski definition) is 2.